The van der Waals surface area contributed by atoms with E-state index in [1.165, 1.54) is 0 Å². The largest absolute Gasteiger partial charge is 0.497 e. The van der Waals surface area contributed by atoms with Crippen molar-refractivity contribution >= 4 is 11.6 Å². The predicted octanol–water partition coefficient (Wildman–Crippen LogP) is 3.03. The number of methoxy groups -OCH3 is 1. The molecule has 0 aliphatic rings. The number of nitrogen functional groups attached to an aromatic ring is 1. The molecule has 0 unspecified atom stereocenters. The molecule has 0 bridgehead atoms. The van der Waals surface area contributed by atoms with Crippen molar-refractivity contribution in [3.63, 3.8) is 0 Å². The molecule has 0 spiro atoms. The molecule has 0 radical (unpaired) electrons. The molecule has 4 heteroatoms. The highest BCUT2D eigenvalue weighted by Gasteiger charge is 2.20. The molecule has 1 aromatic rings. The van der Waals surface area contributed by atoms with E-state index in [1.807, 2.05) is 4.90 Å². The summed E-state index contributed by atoms with van der Waals surface area (Å²) in [4.78, 5) is 14.5. The van der Waals surface area contributed by atoms with Crippen molar-refractivity contribution in [3.8, 4) is 5.75 Å². The van der Waals surface area contributed by atoms with Gasteiger partial charge in [-0.25, -0.2) is 0 Å². The van der Waals surface area contributed by atoms with E-state index in [1.54, 1.807) is 25.3 Å². The maximum Gasteiger partial charge on any atom is 0.255 e. The number of hydrogen-bond donors (Lipinski definition) is 1. The average Bonchev–Trinajstić information content (AvgIpc) is 2.35. The van der Waals surface area contributed by atoms with Crippen LogP contribution in [0.15, 0.2) is 18.2 Å². The quantitative estimate of drug-likeness (QED) is 0.814. The molecule has 0 atom stereocenters. The van der Waals surface area contributed by atoms with Crippen LogP contribution in [0, 0.1) is 11.8 Å². The zero-order valence-corrected chi connectivity index (χ0v) is 13.1. The number of carbonyl (C=O) groups is 1. The van der Waals surface area contributed by atoms with Gasteiger partial charge >= 0.3 is 0 Å². The second-order valence-electron chi connectivity index (χ2n) is 5.95. The van der Waals surface area contributed by atoms with Gasteiger partial charge in [0.1, 0.15) is 5.75 Å². The number of nitrogens with two attached hydrogens (primary N) is 1. The Morgan fingerprint density at radius 2 is 1.75 bits per heavy atom. The third kappa shape index (κ3) is 4.44. The molecular formula is C16H26N2O2. The second kappa shape index (κ2) is 7.17. The lowest BCUT2D eigenvalue weighted by Gasteiger charge is -2.27. The van der Waals surface area contributed by atoms with Gasteiger partial charge in [0.05, 0.1) is 12.7 Å². The van der Waals surface area contributed by atoms with Crippen LogP contribution < -0.4 is 10.5 Å². The highest BCUT2D eigenvalue weighted by atomic mass is 16.5. The van der Waals surface area contributed by atoms with E-state index in [-0.39, 0.29) is 5.91 Å². The molecule has 0 heterocycles. The van der Waals surface area contributed by atoms with Crippen LogP contribution in [0.5, 0.6) is 5.75 Å². The molecule has 1 rings (SSSR count). The minimum atomic E-state index is -0.00690. The van der Waals surface area contributed by atoms with Gasteiger partial charge in [-0.2, -0.15) is 0 Å². The molecule has 0 aliphatic heterocycles. The van der Waals surface area contributed by atoms with E-state index in [2.05, 4.69) is 27.7 Å². The fourth-order valence-corrected chi connectivity index (χ4v) is 2.15. The first kappa shape index (κ1) is 16.3. The molecule has 4 nitrogen and oxygen atoms in total. The van der Waals surface area contributed by atoms with Gasteiger partial charge in [0.15, 0.2) is 0 Å². The van der Waals surface area contributed by atoms with Gasteiger partial charge in [-0.05, 0) is 24.0 Å². The first-order chi connectivity index (χ1) is 9.35. The Labute approximate surface area is 121 Å². The van der Waals surface area contributed by atoms with E-state index in [4.69, 9.17) is 10.5 Å². The van der Waals surface area contributed by atoms with Crippen molar-refractivity contribution in [2.24, 2.45) is 11.8 Å². The molecule has 0 aliphatic carbocycles. The van der Waals surface area contributed by atoms with Crippen LogP contribution in [-0.2, 0) is 0 Å². The number of hydrogen-bond acceptors (Lipinski definition) is 3. The number of anilines is 1. The molecule has 1 aromatic carbocycles. The van der Waals surface area contributed by atoms with E-state index in [0.29, 0.717) is 28.8 Å². The molecular weight excluding hydrogens is 252 g/mol. The number of nitrogens with zero attached hydrogens (tertiary/aromatic N) is 1. The summed E-state index contributed by atoms with van der Waals surface area (Å²) >= 11 is 0. The van der Waals surface area contributed by atoms with Crippen molar-refractivity contribution < 1.29 is 9.53 Å². The fraction of sp³-hybridized carbons (Fsp3) is 0.562. The minimum absolute atomic E-state index is 0.00690. The summed E-state index contributed by atoms with van der Waals surface area (Å²) in [7, 11) is 1.58. The number of amides is 1. The van der Waals surface area contributed by atoms with Gasteiger partial charge in [0.2, 0.25) is 0 Å². The van der Waals surface area contributed by atoms with Gasteiger partial charge in [0, 0.05) is 24.8 Å². The number of ether oxygens (including phenoxy) is 1. The Hall–Kier alpha value is -1.71. The van der Waals surface area contributed by atoms with E-state index >= 15 is 0 Å². The summed E-state index contributed by atoms with van der Waals surface area (Å²) in [6, 6.07) is 5.20. The summed E-state index contributed by atoms with van der Waals surface area (Å²) in [6.07, 6.45) is 0. The van der Waals surface area contributed by atoms with Gasteiger partial charge in [-0.15, -0.1) is 0 Å². The third-order valence-electron chi connectivity index (χ3n) is 2.95. The molecule has 0 aromatic heterocycles. The Morgan fingerprint density at radius 3 is 2.15 bits per heavy atom. The summed E-state index contributed by atoms with van der Waals surface area (Å²) in [5.74, 6) is 1.51. The zero-order chi connectivity index (χ0) is 15.3. The summed E-state index contributed by atoms with van der Waals surface area (Å²) in [5, 5.41) is 0. The van der Waals surface area contributed by atoms with Crippen LogP contribution in [0.3, 0.4) is 0 Å². The Balaban J connectivity index is 2.99. The Bertz CT molecular complexity index is 446. The predicted molar refractivity (Wildman–Crippen MR) is 83.0 cm³/mol. The van der Waals surface area contributed by atoms with Gasteiger partial charge < -0.3 is 15.4 Å². The summed E-state index contributed by atoms with van der Waals surface area (Å²) in [5.41, 5.74) is 6.98. The fourth-order valence-electron chi connectivity index (χ4n) is 2.15. The summed E-state index contributed by atoms with van der Waals surface area (Å²) in [6.45, 7) is 9.91. The van der Waals surface area contributed by atoms with E-state index < -0.39 is 0 Å². The molecule has 0 saturated heterocycles. The van der Waals surface area contributed by atoms with Crippen molar-refractivity contribution in [1.82, 2.24) is 4.90 Å². The molecule has 2 N–H and O–H groups in total. The summed E-state index contributed by atoms with van der Waals surface area (Å²) < 4.78 is 5.11. The first-order valence-corrected chi connectivity index (χ1v) is 7.08. The lowest BCUT2D eigenvalue weighted by Crippen LogP contribution is -2.37. The SMILES string of the molecule is COc1ccc(C(=O)N(CC(C)C)CC(C)C)c(N)c1. The van der Waals surface area contributed by atoms with Crippen molar-refractivity contribution in [2.45, 2.75) is 27.7 Å². The van der Waals surface area contributed by atoms with Crippen molar-refractivity contribution in [2.75, 3.05) is 25.9 Å². The average molecular weight is 278 g/mol. The minimum Gasteiger partial charge on any atom is -0.497 e. The standard InChI is InChI=1S/C16H26N2O2/c1-11(2)9-18(10-12(3)4)16(19)14-7-6-13(20-5)8-15(14)17/h6-8,11-12H,9-10,17H2,1-5H3. The van der Waals surface area contributed by atoms with Crippen LogP contribution in [-0.4, -0.2) is 31.0 Å². The number of rotatable bonds is 6. The highest BCUT2D eigenvalue weighted by molar-refractivity contribution is 5.99. The number of benzene rings is 1. The molecule has 1 amide bonds. The van der Waals surface area contributed by atoms with Crippen molar-refractivity contribution in [1.29, 1.82) is 0 Å². The monoisotopic (exact) mass is 278 g/mol. The van der Waals surface area contributed by atoms with Crippen LogP contribution in [0.4, 0.5) is 5.69 Å². The van der Waals surface area contributed by atoms with Crippen molar-refractivity contribution in [3.05, 3.63) is 23.8 Å². The lowest BCUT2D eigenvalue weighted by molar-refractivity contribution is 0.0716. The maximum absolute atomic E-state index is 12.6. The first-order valence-electron chi connectivity index (χ1n) is 7.08. The highest BCUT2D eigenvalue weighted by Crippen LogP contribution is 2.22. The van der Waals surface area contributed by atoms with Crippen LogP contribution in [0.1, 0.15) is 38.1 Å². The number of carbonyl (C=O) groups excluding carboxylic acids is 1. The second-order valence-corrected chi connectivity index (χ2v) is 5.95. The Morgan fingerprint density at radius 1 is 1.20 bits per heavy atom. The van der Waals surface area contributed by atoms with Gasteiger partial charge in [-0.3, -0.25) is 4.79 Å². The molecule has 0 saturated carbocycles. The van der Waals surface area contributed by atoms with Gasteiger partial charge in [0.25, 0.3) is 5.91 Å². The smallest absolute Gasteiger partial charge is 0.255 e. The van der Waals surface area contributed by atoms with Crippen LogP contribution >= 0.6 is 0 Å². The topological polar surface area (TPSA) is 55.6 Å². The van der Waals surface area contributed by atoms with Crippen LogP contribution in [0.2, 0.25) is 0 Å². The zero-order valence-electron chi connectivity index (χ0n) is 13.1. The molecule has 112 valence electrons. The lowest BCUT2D eigenvalue weighted by atomic mass is 10.1. The molecule has 20 heavy (non-hydrogen) atoms. The Kier molecular flexibility index (Phi) is 5.86. The third-order valence-corrected chi connectivity index (χ3v) is 2.95. The maximum atomic E-state index is 12.6. The normalized spacial score (nSPS) is 10.9. The van der Waals surface area contributed by atoms with Crippen LogP contribution in [0.25, 0.3) is 0 Å². The molecule has 0 fully saturated rings. The van der Waals surface area contributed by atoms with E-state index in [9.17, 15) is 4.79 Å². The van der Waals surface area contributed by atoms with Gasteiger partial charge in [-0.1, -0.05) is 27.7 Å². The van der Waals surface area contributed by atoms with E-state index in [0.717, 1.165) is 13.1 Å².